The van der Waals surface area contributed by atoms with Crippen molar-refractivity contribution < 1.29 is 22.5 Å². The van der Waals surface area contributed by atoms with E-state index in [9.17, 15) is 17.8 Å². The van der Waals surface area contributed by atoms with E-state index in [0.29, 0.717) is 17.9 Å². The van der Waals surface area contributed by atoms with Gasteiger partial charge in [-0.3, -0.25) is 9.35 Å². The summed E-state index contributed by atoms with van der Waals surface area (Å²) in [6, 6.07) is 16.4. The van der Waals surface area contributed by atoms with Crippen molar-refractivity contribution in [2.75, 3.05) is 0 Å². The van der Waals surface area contributed by atoms with E-state index in [1.54, 1.807) is 18.2 Å². The molecule has 3 rings (SSSR count). The average molecular weight is 563 g/mol. The molecular formula is C30H39N2NaO5S. The molecule has 0 saturated carbocycles. The summed E-state index contributed by atoms with van der Waals surface area (Å²) in [6.45, 7) is 2.24. The van der Waals surface area contributed by atoms with Crippen LogP contribution in [0.25, 0.3) is 10.8 Å². The standard InChI is InChI=1S/C30H38N2O5S.Na.H/c1-2-3-4-5-6-7-8-9-10-11-12-20-30(33)37-29-22-21-28(26-18-13-14-19-27(26)29)32-31-24-16-15-17-25(23-24)38(34,35)36;;/h13-19,21-23H,2-12,20H2,1H3,(H,34,35,36);;. The van der Waals surface area contributed by atoms with Crippen molar-refractivity contribution in [1.29, 1.82) is 0 Å². The summed E-state index contributed by atoms with van der Waals surface area (Å²) < 4.78 is 37.7. The molecule has 0 unspecified atom stereocenters. The van der Waals surface area contributed by atoms with Gasteiger partial charge in [0, 0.05) is 17.2 Å². The van der Waals surface area contributed by atoms with Gasteiger partial charge in [0.05, 0.1) is 16.3 Å². The Labute approximate surface area is 254 Å². The van der Waals surface area contributed by atoms with E-state index < -0.39 is 10.1 Å². The second-order valence-corrected chi connectivity index (χ2v) is 11.0. The zero-order valence-electron chi connectivity index (χ0n) is 22.1. The predicted molar refractivity (Wildman–Crippen MR) is 158 cm³/mol. The summed E-state index contributed by atoms with van der Waals surface area (Å²) in [5.41, 5.74) is 0.828. The fourth-order valence-electron chi connectivity index (χ4n) is 4.36. The molecule has 1 N–H and O–H groups in total. The molecule has 9 heteroatoms. The van der Waals surface area contributed by atoms with Gasteiger partial charge in [-0.1, -0.05) is 101 Å². The molecule has 3 aromatic rings. The SMILES string of the molecule is CCCCCCCCCCCCCC(=O)Oc1ccc(N=Nc2cccc(S(=O)(=O)O)c2)c2ccccc12.[NaH]. The van der Waals surface area contributed by atoms with Crippen molar-refractivity contribution in [3.63, 3.8) is 0 Å². The number of hydrogen-bond donors (Lipinski definition) is 1. The van der Waals surface area contributed by atoms with Gasteiger partial charge in [-0.25, -0.2) is 0 Å². The van der Waals surface area contributed by atoms with E-state index in [2.05, 4.69) is 17.2 Å². The van der Waals surface area contributed by atoms with Crippen LogP contribution in [0.4, 0.5) is 11.4 Å². The molecule has 0 aliphatic carbocycles. The Morgan fingerprint density at radius 2 is 1.38 bits per heavy atom. The van der Waals surface area contributed by atoms with E-state index in [4.69, 9.17) is 4.74 Å². The van der Waals surface area contributed by atoms with Crippen LogP contribution in [0.15, 0.2) is 75.8 Å². The Hall–Kier alpha value is -2.10. The predicted octanol–water partition coefficient (Wildman–Crippen LogP) is 8.46. The van der Waals surface area contributed by atoms with Crippen molar-refractivity contribution in [2.45, 2.75) is 88.9 Å². The van der Waals surface area contributed by atoms with Gasteiger partial charge in [-0.2, -0.15) is 13.5 Å². The third-order valence-corrected chi connectivity index (χ3v) is 7.31. The van der Waals surface area contributed by atoms with E-state index in [0.717, 1.165) is 30.0 Å². The van der Waals surface area contributed by atoms with Gasteiger partial charge in [0.25, 0.3) is 10.1 Å². The number of azo groups is 1. The molecule has 0 amide bonds. The number of fused-ring (bicyclic) bond motifs is 1. The molecule has 0 spiro atoms. The molecule has 0 radical (unpaired) electrons. The number of ether oxygens (including phenoxy) is 1. The van der Waals surface area contributed by atoms with Gasteiger partial charge >= 0.3 is 35.5 Å². The van der Waals surface area contributed by atoms with E-state index in [1.165, 1.54) is 69.6 Å². The average Bonchev–Trinajstić information content (AvgIpc) is 2.91. The summed E-state index contributed by atoms with van der Waals surface area (Å²) in [5.74, 6) is 0.225. The van der Waals surface area contributed by atoms with Crippen LogP contribution in [0.1, 0.15) is 84.0 Å². The van der Waals surface area contributed by atoms with Gasteiger partial charge in [-0.15, -0.1) is 5.11 Å². The number of hydrogen-bond acceptors (Lipinski definition) is 6. The number of benzene rings is 3. The number of nitrogens with zero attached hydrogens (tertiary/aromatic N) is 2. The molecule has 0 bridgehead atoms. The summed E-state index contributed by atoms with van der Waals surface area (Å²) in [6.07, 6.45) is 13.9. The quantitative estimate of drug-likeness (QED) is 0.0471. The zero-order valence-corrected chi connectivity index (χ0v) is 23.0. The summed E-state index contributed by atoms with van der Waals surface area (Å²) in [4.78, 5) is 12.2. The number of rotatable bonds is 16. The minimum atomic E-state index is -4.33. The Morgan fingerprint density at radius 3 is 2.03 bits per heavy atom. The Kier molecular flexibility index (Phi) is 14.9. The van der Waals surface area contributed by atoms with Crippen LogP contribution in [0.5, 0.6) is 5.75 Å². The van der Waals surface area contributed by atoms with Gasteiger partial charge in [0.1, 0.15) is 5.75 Å². The topological polar surface area (TPSA) is 105 Å². The molecule has 0 atom stereocenters. The van der Waals surface area contributed by atoms with Crippen LogP contribution < -0.4 is 4.74 Å². The number of unbranched alkanes of at least 4 members (excludes halogenated alkanes) is 10. The summed E-state index contributed by atoms with van der Waals surface area (Å²) in [7, 11) is -4.33. The molecule has 7 nitrogen and oxygen atoms in total. The number of carbonyl (C=O) groups excluding carboxylic acids is 1. The van der Waals surface area contributed by atoms with Gasteiger partial charge in [0.15, 0.2) is 0 Å². The van der Waals surface area contributed by atoms with Crippen LogP contribution in [-0.4, -0.2) is 48.5 Å². The van der Waals surface area contributed by atoms with E-state index >= 15 is 0 Å². The zero-order chi connectivity index (χ0) is 27.2. The molecule has 0 heterocycles. The van der Waals surface area contributed by atoms with Crippen molar-refractivity contribution >= 4 is 67.8 Å². The van der Waals surface area contributed by atoms with Crippen molar-refractivity contribution in [3.05, 3.63) is 60.7 Å². The Bertz CT molecular complexity index is 1330. The van der Waals surface area contributed by atoms with Gasteiger partial charge in [0.2, 0.25) is 0 Å². The molecule has 0 saturated heterocycles. The molecule has 0 aromatic heterocycles. The monoisotopic (exact) mass is 562 g/mol. The molecule has 39 heavy (non-hydrogen) atoms. The van der Waals surface area contributed by atoms with Crippen LogP contribution in [-0.2, 0) is 14.9 Å². The van der Waals surface area contributed by atoms with Crippen LogP contribution in [0, 0.1) is 0 Å². The maximum absolute atomic E-state index is 12.5. The second kappa shape index (κ2) is 17.6. The number of esters is 1. The molecular weight excluding hydrogens is 523 g/mol. The van der Waals surface area contributed by atoms with Crippen LogP contribution >= 0.6 is 0 Å². The van der Waals surface area contributed by atoms with E-state index in [-0.39, 0.29) is 46.1 Å². The van der Waals surface area contributed by atoms with E-state index in [1.807, 2.05) is 24.3 Å². The molecule has 0 aliphatic heterocycles. The Balaban J connectivity index is 0.00000533. The first kappa shape index (κ1) is 33.1. The molecule has 0 fully saturated rings. The van der Waals surface area contributed by atoms with Crippen molar-refractivity contribution in [2.24, 2.45) is 10.2 Å². The molecule has 206 valence electrons. The van der Waals surface area contributed by atoms with Crippen LogP contribution in [0.2, 0.25) is 0 Å². The van der Waals surface area contributed by atoms with Gasteiger partial charge < -0.3 is 4.74 Å². The Morgan fingerprint density at radius 1 is 0.769 bits per heavy atom. The van der Waals surface area contributed by atoms with Crippen molar-refractivity contribution in [1.82, 2.24) is 0 Å². The normalized spacial score (nSPS) is 11.5. The first-order valence-electron chi connectivity index (χ1n) is 13.6. The first-order valence-corrected chi connectivity index (χ1v) is 15.0. The first-order chi connectivity index (χ1) is 18.4. The fraction of sp³-hybridized carbons (Fsp3) is 0.433. The maximum atomic E-state index is 12.5. The molecule has 0 aliphatic rings. The summed E-state index contributed by atoms with van der Waals surface area (Å²) in [5, 5.41) is 9.88. The van der Waals surface area contributed by atoms with Crippen LogP contribution in [0.3, 0.4) is 0 Å². The number of carbonyl (C=O) groups is 1. The minimum absolute atomic E-state index is 0. The summed E-state index contributed by atoms with van der Waals surface area (Å²) >= 11 is 0. The van der Waals surface area contributed by atoms with Gasteiger partial charge in [-0.05, 0) is 36.8 Å². The third kappa shape index (κ3) is 11.5. The second-order valence-electron chi connectivity index (χ2n) is 9.56. The van der Waals surface area contributed by atoms with Crippen molar-refractivity contribution in [3.8, 4) is 5.75 Å². The third-order valence-electron chi connectivity index (χ3n) is 6.46. The fourth-order valence-corrected chi connectivity index (χ4v) is 4.88. The molecule has 3 aromatic carbocycles.